The summed E-state index contributed by atoms with van der Waals surface area (Å²) in [5, 5.41) is 3.00. The highest BCUT2D eigenvalue weighted by atomic mass is 16.5. The average Bonchev–Trinajstić information content (AvgIpc) is 2.78. The monoisotopic (exact) mass is 395 g/mol. The lowest BCUT2D eigenvalue weighted by Gasteiger charge is -2.33. The molecule has 0 spiro atoms. The summed E-state index contributed by atoms with van der Waals surface area (Å²) in [5.41, 5.74) is 8.21. The lowest BCUT2D eigenvalue weighted by Crippen LogP contribution is -2.49. The highest BCUT2D eigenvalue weighted by Gasteiger charge is 2.29. The molecule has 0 unspecified atom stereocenters. The van der Waals surface area contributed by atoms with Gasteiger partial charge in [-0.1, -0.05) is 42.5 Å². The van der Waals surface area contributed by atoms with Crippen LogP contribution in [0.5, 0.6) is 5.75 Å². The number of hydrogen-bond donors (Lipinski definition) is 2. The first-order valence-electron chi connectivity index (χ1n) is 10.1. The molecule has 1 aliphatic rings. The minimum Gasteiger partial charge on any atom is -0.497 e. The second-order valence-corrected chi connectivity index (χ2v) is 7.46. The Hall–Kier alpha value is -2.86. The molecule has 1 fully saturated rings. The van der Waals surface area contributed by atoms with Gasteiger partial charge in [-0.15, -0.1) is 0 Å². The molecule has 0 saturated carbocycles. The van der Waals surface area contributed by atoms with Crippen LogP contribution in [-0.4, -0.2) is 43.0 Å². The Morgan fingerprint density at radius 2 is 1.72 bits per heavy atom. The van der Waals surface area contributed by atoms with Gasteiger partial charge in [0.25, 0.3) is 0 Å². The van der Waals surface area contributed by atoms with Crippen molar-refractivity contribution in [3.8, 4) is 5.75 Å². The van der Waals surface area contributed by atoms with Crippen LogP contribution in [0.4, 0.5) is 0 Å². The molecule has 3 rings (SSSR count). The number of methoxy groups -OCH3 is 1. The van der Waals surface area contributed by atoms with Crippen LogP contribution in [0.2, 0.25) is 0 Å². The lowest BCUT2D eigenvalue weighted by atomic mass is 9.95. The molecule has 0 bridgehead atoms. The molecule has 3 N–H and O–H groups in total. The maximum Gasteiger partial charge on any atom is 0.239 e. The Morgan fingerprint density at radius 1 is 1.07 bits per heavy atom. The summed E-state index contributed by atoms with van der Waals surface area (Å²) < 4.78 is 5.14. The van der Waals surface area contributed by atoms with Crippen molar-refractivity contribution >= 4 is 11.8 Å². The third-order valence-corrected chi connectivity index (χ3v) is 5.42. The first-order valence-corrected chi connectivity index (χ1v) is 10.1. The molecule has 2 aromatic carbocycles. The fourth-order valence-corrected chi connectivity index (χ4v) is 3.63. The topological polar surface area (TPSA) is 84.7 Å². The average molecular weight is 396 g/mol. The number of carbonyl (C=O) groups excluding carboxylic acids is 2. The van der Waals surface area contributed by atoms with E-state index in [-0.39, 0.29) is 17.7 Å². The molecule has 1 saturated heterocycles. The number of ether oxygens (including phenoxy) is 1. The van der Waals surface area contributed by atoms with Crippen molar-refractivity contribution in [1.82, 2.24) is 10.2 Å². The number of likely N-dealkylation sites (tertiary alicyclic amines) is 1. The van der Waals surface area contributed by atoms with Gasteiger partial charge >= 0.3 is 0 Å². The highest BCUT2D eigenvalue weighted by Crippen LogP contribution is 2.19. The lowest BCUT2D eigenvalue weighted by molar-refractivity contribution is -0.136. The van der Waals surface area contributed by atoms with E-state index in [4.69, 9.17) is 10.5 Å². The van der Waals surface area contributed by atoms with Gasteiger partial charge in [-0.05, 0) is 42.5 Å². The molecule has 6 nitrogen and oxygen atoms in total. The van der Waals surface area contributed by atoms with E-state index in [2.05, 4.69) is 5.32 Å². The SMILES string of the molecule is COc1ccc(CNC(=O)C2CCN(C(=O)[C@@H](N)Cc3ccccc3)CC2)cc1. The van der Waals surface area contributed by atoms with Crippen LogP contribution >= 0.6 is 0 Å². The number of nitrogens with two attached hydrogens (primary N) is 1. The van der Waals surface area contributed by atoms with Crippen molar-refractivity contribution in [2.45, 2.75) is 31.8 Å². The van der Waals surface area contributed by atoms with E-state index < -0.39 is 6.04 Å². The van der Waals surface area contributed by atoms with Crippen LogP contribution in [0.3, 0.4) is 0 Å². The van der Waals surface area contributed by atoms with Crippen molar-refractivity contribution in [3.63, 3.8) is 0 Å². The Kier molecular flexibility index (Phi) is 7.25. The summed E-state index contributed by atoms with van der Waals surface area (Å²) in [4.78, 5) is 26.9. The van der Waals surface area contributed by atoms with Crippen LogP contribution in [-0.2, 0) is 22.6 Å². The van der Waals surface area contributed by atoms with E-state index in [1.807, 2.05) is 54.6 Å². The quantitative estimate of drug-likeness (QED) is 0.752. The molecule has 1 atom stereocenters. The normalized spacial score (nSPS) is 15.6. The molecule has 0 radical (unpaired) electrons. The minimum absolute atomic E-state index is 0.0362. The van der Waals surface area contributed by atoms with E-state index in [0.717, 1.165) is 16.9 Å². The molecule has 2 aromatic rings. The van der Waals surface area contributed by atoms with Crippen LogP contribution in [0.1, 0.15) is 24.0 Å². The summed E-state index contributed by atoms with van der Waals surface area (Å²) >= 11 is 0. The maximum atomic E-state index is 12.6. The minimum atomic E-state index is -0.544. The third-order valence-electron chi connectivity index (χ3n) is 5.42. The molecule has 0 aromatic heterocycles. The molecule has 0 aliphatic carbocycles. The van der Waals surface area contributed by atoms with Crippen LogP contribution in [0.15, 0.2) is 54.6 Å². The molecule has 1 aliphatic heterocycles. The fourth-order valence-electron chi connectivity index (χ4n) is 3.63. The molecular formula is C23H29N3O3. The number of rotatable bonds is 7. The van der Waals surface area contributed by atoms with Gasteiger partial charge in [0.05, 0.1) is 13.2 Å². The van der Waals surface area contributed by atoms with E-state index in [1.165, 1.54) is 0 Å². The second kappa shape index (κ2) is 10.1. The van der Waals surface area contributed by atoms with Gasteiger partial charge in [0, 0.05) is 25.6 Å². The number of carbonyl (C=O) groups is 2. The molecular weight excluding hydrogens is 366 g/mol. The zero-order valence-electron chi connectivity index (χ0n) is 16.8. The summed E-state index contributed by atoms with van der Waals surface area (Å²) in [6, 6.07) is 16.9. The van der Waals surface area contributed by atoms with Crippen LogP contribution < -0.4 is 15.8 Å². The van der Waals surface area contributed by atoms with Crippen LogP contribution in [0, 0.1) is 5.92 Å². The second-order valence-electron chi connectivity index (χ2n) is 7.46. The molecule has 1 heterocycles. The van der Waals surface area contributed by atoms with Crippen molar-refractivity contribution in [1.29, 1.82) is 0 Å². The fraction of sp³-hybridized carbons (Fsp3) is 0.391. The zero-order valence-corrected chi connectivity index (χ0v) is 16.8. The summed E-state index contributed by atoms with van der Waals surface area (Å²) in [7, 11) is 1.63. The van der Waals surface area contributed by atoms with Gasteiger partial charge in [-0.25, -0.2) is 0 Å². The van der Waals surface area contributed by atoms with Crippen molar-refractivity contribution in [3.05, 3.63) is 65.7 Å². The van der Waals surface area contributed by atoms with E-state index in [0.29, 0.717) is 38.9 Å². The van der Waals surface area contributed by atoms with Crippen molar-refractivity contribution in [2.24, 2.45) is 11.7 Å². The van der Waals surface area contributed by atoms with Gasteiger partial charge in [-0.3, -0.25) is 9.59 Å². The van der Waals surface area contributed by atoms with Gasteiger partial charge in [0.15, 0.2) is 0 Å². The standard InChI is InChI=1S/C23H29N3O3/c1-29-20-9-7-18(8-10-20)16-25-22(27)19-11-13-26(14-12-19)23(28)21(24)15-17-5-3-2-4-6-17/h2-10,19,21H,11-16,24H2,1H3,(H,25,27)/t21-/m0/s1. The number of hydrogen-bond acceptors (Lipinski definition) is 4. The van der Waals surface area contributed by atoms with Gasteiger partial charge in [0.1, 0.15) is 5.75 Å². The van der Waals surface area contributed by atoms with Crippen LogP contribution in [0.25, 0.3) is 0 Å². The largest absolute Gasteiger partial charge is 0.497 e. The highest BCUT2D eigenvalue weighted by molar-refractivity contribution is 5.83. The van der Waals surface area contributed by atoms with E-state index >= 15 is 0 Å². The van der Waals surface area contributed by atoms with Gasteiger partial charge in [0.2, 0.25) is 11.8 Å². The molecule has 2 amide bonds. The van der Waals surface area contributed by atoms with Gasteiger partial charge in [-0.2, -0.15) is 0 Å². The Labute approximate surface area is 172 Å². The zero-order chi connectivity index (χ0) is 20.6. The molecule has 154 valence electrons. The number of piperidine rings is 1. The van der Waals surface area contributed by atoms with Crippen molar-refractivity contribution in [2.75, 3.05) is 20.2 Å². The molecule has 6 heteroatoms. The summed E-state index contributed by atoms with van der Waals surface area (Å²) in [5.74, 6) is 0.734. The molecule has 29 heavy (non-hydrogen) atoms. The summed E-state index contributed by atoms with van der Waals surface area (Å²) in [6.07, 6.45) is 1.86. The third kappa shape index (κ3) is 5.81. The number of nitrogens with one attached hydrogen (secondary N) is 1. The summed E-state index contributed by atoms with van der Waals surface area (Å²) in [6.45, 7) is 1.63. The first-order chi connectivity index (χ1) is 14.1. The predicted octanol–water partition coefficient (Wildman–Crippen LogP) is 2.12. The van der Waals surface area contributed by atoms with Crippen molar-refractivity contribution < 1.29 is 14.3 Å². The Bertz CT molecular complexity index is 800. The van der Waals surface area contributed by atoms with E-state index in [1.54, 1.807) is 12.0 Å². The first kappa shape index (κ1) is 20.9. The predicted molar refractivity (Wildman–Crippen MR) is 112 cm³/mol. The van der Waals surface area contributed by atoms with Gasteiger partial charge < -0.3 is 20.7 Å². The smallest absolute Gasteiger partial charge is 0.239 e. The number of benzene rings is 2. The van der Waals surface area contributed by atoms with E-state index in [9.17, 15) is 9.59 Å². The number of nitrogens with zero attached hydrogens (tertiary/aromatic N) is 1. The maximum absolute atomic E-state index is 12.6. The number of amides is 2. The Balaban J connectivity index is 1.42. The Morgan fingerprint density at radius 3 is 2.34 bits per heavy atom.